The summed E-state index contributed by atoms with van der Waals surface area (Å²) in [5.41, 5.74) is -1.57. The van der Waals surface area contributed by atoms with Crippen molar-refractivity contribution in [3.05, 3.63) is 58.0 Å². The number of carboxylic acids is 1. The molecule has 1 aliphatic heterocycles. The topological polar surface area (TPSA) is 129 Å². The molecule has 1 saturated heterocycles. The molecule has 0 aromatic carbocycles. The highest BCUT2D eigenvalue weighted by molar-refractivity contribution is 5.92. The van der Waals surface area contributed by atoms with Crippen LogP contribution in [0.5, 0.6) is 0 Å². The number of aliphatic hydroxyl groups is 2. The second-order valence-corrected chi connectivity index (χ2v) is 6.59. The van der Waals surface area contributed by atoms with Crippen molar-refractivity contribution in [3.8, 4) is 5.82 Å². The first-order chi connectivity index (χ1) is 13.8. The number of β-amino-alcohol motifs (C(OH)–C–C–N with tert-alkyl or cyclic N) is 2. The van der Waals surface area contributed by atoms with E-state index in [9.17, 15) is 33.7 Å². The normalized spacial score (nSPS) is 19.1. The van der Waals surface area contributed by atoms with Gasteiger partial charge in [0.15, 0.2) is 17.3 Å². The van der Waals surface area contributed by atoms with Crippen LogP contribution in [-0.4, -0.2) is 61.1 Å². The summed E-state index contributed by atoms with van der Waals surface area (Å²) in [6, 6.07) is 3.32. The summed E-state index contributed by atoms with van der Waals surface area (Å²) in [4.78, 5) is 33.5. The van der Waals surface area contributed by atoms with E-state index < -0.39 is 46.6 Å². The maximum absolute atomic E-state index is 14.3. The van der Waals surface area contributed by atoms with Crippen LogP contribution in [0.3, 0.4) is 0 Å². The zero-order valence-corrected chi connectivity index (χ0v) is 14.7. The molecule has 0 aliphatic carbocycles. The maximum atomic E-state index is 14.3. The van der Waals surface area contributed by atoms with Crippen LogP contribution in [0.1, 0.15) is 10.4 Å². The number of fused-ring (bicyclic) bond motifs is 1. The summed E-state index contributed by atoms with van der Waals surface area (Å²) in [7, 11) is 0. The fourth-order valence-electron chi connectivity index (χ4n) is 3.22. The minimum absolute atomic E-state index is 0.0836. The molecule has 1 fully saturated rings. The molecule has 9 nitrogen and oxygen atoms in total. The number of hydrogen-bond donors (Lipinski definition) is 3. The lowest BCUT2D eigenvalue weighted by molar-refractivity contribution is 0.0572. The molecule has 4 rings (SSSR count). The summed E-state index contributed by atoms with van der Waals surface area (Å²) in [5, 5.41) is 28.7. The third-order valence-electron chi connectivity index (χ3n) is 4.67. The van der Waals surface area contributed by atoms with Gasteiger partial charge in [-0.25, -0.2) is 23.5 Å². The van der Waals surface area contributed by atoms with E-state index in [2.05, 4.69) is 9.97 Å². The average molecular weight is 404 g/mol. The molecule has 2 atom stereocenters. The van der Waals surface area contributed by atoms with Crippen LogP contribution in [0.15, 0.2) is 35.4 Å². The molecule has 11 heteroatoms. The summed E-state index contributed by atoms with van der Waals surface area (Å²) < 4.78 is 28.6. The standard InChI is InChI=1S/C18H14F2N4O5/c19-8-3-11(20)17(21-4-8)24-5-10(18(28)29)15(27)9-1-2-14(22-16(9)24)23-6-12(25)13(26)7-23/h1-5,12-13,25-26H,6-7H2,(H,28,29)/t12-,13-/m1/s1. The molecule has 0 saturated carbocycles. The van der Waals surface area contributed by atoms with E-state index in [0.29, 0.717) is 6.07 Å². The Morgan fingerprint density at radius 3 is 2.48 bits per heavy atom. The van der Waals surface area contributed by atoms with Crippen molar-refractivity contribution in [3.63, 3.8) is 0 Å². The first-order valence-corrected chi connectivity index (χ1v) is 8.48. The monoisotopic (exact) mass is 404 g/mol. The maximum Gasteiger partial charge on any atom is 0.341 e. The predicted octanol–water partition coefficient (Wildman–Crippen LogP) is 0.299. The van der Waals surface area contributed by atoms with Crippen molar-refractivity contribution in [1.82, 2.24) is 14.5 Å². The van der Waals surface area contributed by atoms with E-state index in [-0.39, 0.29) is 29.9 Å². The van der Waals surface area contributed by atoms with Crippen molar-refractivity contribution in [2.75, 3.05) is 18.0 Å². The van der Waals surface area contributed by atoms with E-state index in [4.69, 9.17) is 0 Å². The number of aromatic carboxylic acids is 1. The van der Waals surface area contributed by atoms with E-state index >= 15 is 0 Å². The summed E-state index contributed by atoms with van der Waals surface area (Å²) in [5.74, 6) is -3.70. The van der Waals surface area contributed by atoms with Crippen LogP contribution < -0.4 is 10.3 Å². The molecule has 0 unspecified atom stereocenters. The number of hydrogen-bond acceptors (Lipinski definition) is 7. The summed E-state index contributed by atoms with van der Waals surface area (Å²) in [6.45, 7) is 0.167. The SMILES string of the molecule is O=C(O)c1cn(-c2ncc(F)cc2F)c2nc(N3C[C@@H](O)[C@H](O)C3)ccc2c1=O. The minimum atomic E-state index is -1.52. The van der Waals surface area contributed by atoms with Gasteiger partial charge in [0, 0.05) is 25.4 Å². The van der Waals surface area contributed by atoms with Crippen molar-refractivity contribution >= 4 is 22.8 Å². The highest BCUT2D eigenvalue weighted by Crippen LogP contribution is 2.23. The zero-order chi connectivity index (χ0) is 20.9. The highest BCUT2D eigenvalue weighted by atomic mass is 19.1. The van der Waals surface area contributed by atoms with E-state index in [0.717, 1.165) is 17.0 Å². The van der Waals surface area contributed by atoms with Gasteiger partial charge in [0.1, 0.15) is 17.2 Å². The number of pyridine rings is 3. The van der Waals surface area contributed by atoms with Gasteiger partial charge in [0.2, 0.25) is 5.43 Å². The Balaban J connectivity index is 1.98. The summed E-state index contributed by atoms with van der Waals surface area (Å²) >= 11 is 0. The van der Waals surface area contributed by atoms with E-state index in [1.807, 2.05) is 0 Å². The zero-order valence-electron chi connectivity index (χ0n) is 14.7. The molecular formula is C18H14F2N4O5. The van der Waals surface area contributed by atoms with Crippen LogP contribution in [-0.2, 0) is 0 Å². The number of halogens is 2. The number of aromatic nitrogens is 3. The Labute approximate surface area is 161 Å². The fraction of sp³-hybridized carbons (Fsp3) is 0.222. The molecule has 4 heterocycles. The van der Waals surface area contributed by atoms with Crippen LogP contribution in [0.4, 0.5) is 14.6 Å². The smallest absolute Gasteiger partial charge is 0.341 e. The molecule has 0 bridgehead atoms. The molecule has 0 spiro atoms. The van der Waals surface area contributed by atoms with Crippen LogP contribution in [0.2, 0.25) is 0 Å². The van der Waals surface area contributed by atoms with Crippen LogP contribution in [0.25, 0.3) is 16.9 Å². The van der Waals surface area contributed by atoms with Crippen molar-refractivity contribution < 1.29 is 28.9 Å². The molecule has 1 aliphatic rings. The Morgan fingerprint density at radius 1 is 1.17 bits per heavy atom. The molecule has 3 aromatic heterocycles. The Bertz CT molecular complexity index is 1190. The predicted molar refractivity (Wildman–Crippen MR) is 96.2 cm³/mol. The molecular weight excluding hydrogens is 390 g/mol. The lowest BCUT2D eigenvalue weighted by Gasteiger charge is -2.18. The number of rotatable bonds is 3. The minimum Gasteiger partial charge on any atom is -0.477 e. The quantitative estimate of drug-likeness (QED) is 0.569. The molecule has 150 valence electrons. The third-order valence-corrected chi connectivity index (χ3v) is 4.67. The second kappa shape index (κ2) is 6.87. The van der Waals surface area contributed by atoms with E-state index in [1.165, 1.54) is 12.1 Å². The number of aliphatic hydroxyl groups excluding tert-OH is 2. The van der Waals surface area contributed by atoms with Gasteiger partial charge < -0.3 is 20.2 Å². The van der Waals surface area contributed by atoms with Crippen molar-refractivity contribution in [2.24, 2.45) is 0 Å². The Morgan fingerprint density at radius 2 is 1.86 bits per heavy atom. The number of anilines is 1. The fourth-order valence-corrected chi connectivity index (χ4v) is 3.22. The Kier molecular flexibility index (Phi) is 4.47. The van der Waals surface area contributed by atoms with Gasteiger partial charge in [-0.15, -0.1) is 0 Å². The van der Waals surface area contributed by atoms with Gasteiger partial charge in [-0.05, 0) is 12.1 Å². The van der Waals surface area contributed by atoms with E-state index in [1.54, 1.807) is 4.90 Å². The molecule has 3 aromatic rings. The van der Waals surface area contributed by atoms with Gasteiger partial charge in [0.05, 0.1) is 23.8 Å². The summed E-state index contributed by atoms with van der Waals surface area (Å²) in [6.07, 6.45) is -0.346. The average Bonchev–Trinajstić information content (AvgIpc) is 3.01. The van der Waals surface area contributed by atoms with Gasteiger partial charge in [-0.2, -0.15) is 0 Å². The first-order valence-electron chi connectivity index (χ1n) is 8.48. The van der Waals surface area contributed by atoms with Crippen molar-refractivity contribution in [2.45, 2.75) is 12.2 Å². The lowest BCUT2D eigenvalue weighted by atomic mass is 10.2. The van der Waals surface area contributed by atoms with Crippen molar-refractivity contribution in [1.29, 1.82) is 0 Å². The molecule has 0 amide bonds. The number of carboxylic acid groups (broad SMARTS) is 1. The van der Waals surface area contributed by atoms with Crippen LogP contribution in [0, 0.1) is 11.6 Å². The van der Waals surface area contributed by atoms with Gasteiger partial charge in [-0.1, -0.05) is 0 Å². The molecule has 0 radical (unpaired) electrons. The first kappa shape index (κ1) is 18.9. The number of carbonyl (C=O) groups is 1. The lowest BCUT2D eigenvalue weighted by Crippen LogP contribution is -2.24. The largest absolute Gasteiger partial charge is 0.477 e. The van der Waals surface area contributed by atoms with Gasteiger partial charge in [-0.3, -0.25) is 9.36 Å². The molecule has 29 heavy (non-hydrogen) atoms. The second-order valence-electron chi connectivity index (χ2n) is 6.59. The number of nitrogens with zero attached hydrogens (tertiary/aromatic N) is 4. The molecule has 3 N–H and O–H groups in total. The highest BCUT2D eigenvalue weighted by Gasteiger charge is 2.31. The van der Waals surface area contributed by atoms with Gasteiger partial charge >= 0.3 is 5.97 Å². The third kappa shape index (κ3) is 3.19. The van der Waals surface area contributed by atoms with Crippen LogP contribution >= 0.6 is 0 Å². The Hall–Kier alpha value is -3.44. The van der Waals surface area contributed by atoms with Gasteiger partial charge in [0.25, 0.3) is 0 Å².